The number of benzene rings is 1. The minimum atomic E-state index is -0.179. The molecule has 1 amide bonds. The van der Waals surface area contributed by atoms with E-state index in [1.807, 2.05) is 19.2 Å². The smallest absolute Gasteiger partial charge is 0.276 e. The molecule has 2 atom stereocenters. The molecular weight excluding hydrogens is 484 g/mol. The van der Waals surface area contributed by atoms with Crippen molar-refractivity contribution in [3.8, 4) is 16.9 Å². The molecule has 5 rings (SSSR count). The van der Waals surface area contributed by atoms with Gasteiger partial charge >= 0.3 is 0 Å². The second-order valence-corrected chi connectivity index (χ2v) is 12.5. The lowest BCUT2D eigenvalue weighted by molar-refractivity contribution is -0.115. The minimum absolute atomic E-state index is 0.0355. The molecule has 1 aliphatic heterocycles. The van der Waals surface area contributed by atoms with Crippen molar-refractivity contribution in [2.45, 2.75) is 85.0 Å². The number of fused-ring (bicyclic) bond motifs is 2. The lowest BCUT2D eigenvalue weighted by Gasteiger charge is -2.50. The number of hydrogen-bond acceptors (Lipinski definition) is 5. The van der Waals surface area contributed by atoms with Crippen LogP contribution >= 0.6 is 0 Å². The molecule has 0 radical (unpaired) electrons. The van der Waals surface area contributed by atoms with E-state index in [4.69, 9.17) is 0 Å². The molecule has 2 saturated carbocycles. The Kier molecular flexibility index (Phi) is 7.84. The number of nitrogens with zero attached hydrogens (tertiary/aromatic N) is 3. The van der Waals surface area contributed by atoms with Gasteiger partial charge in [0.1, 0.15) is 11.4 Å². The second kappa shape index (κ2) is 11.1. The monoisotopic (exact) mass is 528 g/mol. The van der Waals surface area contributed by atoms with Gasteiger partial charge in [0.2, 0.25) is 5.96 Å². The predicted molar refractivity (Wildman–Crippen MR) is 158 cm³/mol. The van der Waals surface area contributed by atoms with Gasteiger partial charge in [0.05, 0.1) is 0 Å². The molecule has 1 aromatic carbocycles. The van der Waals surface area contributed by atoms with Gasteiger partial charge in [-0.1, -0.05) is 27.7 Å². The molecule has 3 aliphatic rings. The predicted octanol–water partition coefficient (Wildman–Crippen LogP) is 6.82. The van der Waals surface area contributed by atoms with Crippen LogP contribution in [0, 0.1) is 24.7 Å². The number of phenolic OH excluding ortho intramolecular Hbond substituents is 1. The third-order valence-corrected chi connectivity index (χ3v) is 8.87. The summed E-state index contributed by atoms with van der Waals surface area (Å²) in [6.07, 6.45) is 13.5. The molecule has 1 aromatic heterocycles. The van der Waals surface area contributed by atoms with Crippen molar-refractivity contribution in [2.24, 2.45) is 22.7 Å². The normalized spacial score (nSPS) is 27.4. The Morgan fingerprint density at radius 3 is 2.38 bits per heavy atom. The first-order valence-corrected chi connectivity index (χ1v) is 14.9. The first kappa shape index (κ1) is 27.4. The maximum absolute atomic E-state index is 12.7. The summed E-state index contributed by atoms with van der Waals surface area (Å²) in [6, 6.07) is 6.35. The van der Waals surface area contributed by atoms with Crippen molar-refractivity contribution in [3.05, 3.63) is 53.0 Å². The molecule has 2 bridgehead atoms. The van der Waals surface area contributed by atoms with Crippen LogP contribution in [0.2, 0.25) is 0 Å². The number of carbonyl (C=O) groups is 1. The fourth-order valence-corrected chi connectivity index (χ4v) is 7.71. The van der Waals surface area contributed by atoms with E-state index in [0.29, 0.717) is 29.2 Å². The number of aromatic hydroxyl groups is 1. The van der Waals surface area contributed by atoms with Crippen LogP contribution in [0.3, 0.4) is 0 Å². The lowest BCUT2D eigenvalue weighted by atomic mass is 9.54. The van der Waals surface area contributed by atoms with Gasteiger partial charge in [-0.05, 0) is 116 Å². The van der Waals surface area contributed by atoms with Crippen LogP contribution in [0.25, 0.3) is 17.2 Å². The number of nitrogens with one attached hydrogen (secondary N) is 1. The Morgan fingerprint density at radius 2 is 1.72 bits per heavy atom. The highest BCUT2D eigenvalue weighted by atomic mass is 16.3. The maximum atomic E-state index is 12.7. The summed E-state index contributed by atoms with van der Waals surface area (Å²) < 4.78 is 0. The summed E-state index contributed by atoms with van der Waals surface area (Å²) in [5, 5.41) is 14.3. The standard InChI is InChI=1S/C33H44N4O2/c1-6-8-37(9-7-2)32-35-29(31(39)36-32)14-25-13-27(20-34-19-25)26-12-23(5)30(38)28(15-26)33-16-21(3)10-24(18-33)11-22(4)17-33/h12-15,19-22,24,38H,6-11,16-18H2,1-5H3,(H,35,36,39)/b29-14-. The molecule has 39 heavy (non-hydrogen) atoms. The number of guanidine groups is 1. The highest BCUT2D eigenvalue weighted by Crippen LogP contribution is 2.56. The summed E-state index contributed by atoms with van der Waals surface area (Å²) >= 11 is 0. The third kappa shape index (κ3) is 5.61. The number of phenols is 1. The number of pyridine rings is 1. The van der Waals surface area contributed by atoms with Crippen molar-refractivity contribution in [3.63, 3.8) is 0 Å². The molecule has 2 fully saturated rings. The zero-order valence-electron chi connectivity index (χ0n) is 24.3. The Labute approximate surface area is 233 Å². The first-order chi connectivity index (χ1) is 18.7. The van der Waals surface area contributed by atoms with Crippen molar-refractivity contribution < 1.29 is 9.90 Å². The third-order valence-electron chi connectivity index (χ3n) is 8.87. The Bertz CT molecular complexity index is 1270. The SMILES string of the molecule is CCCN(CCC)C1=N/C(=C\c2cncc(-c3cc(C)c(O)c(C45CC(C)CC(CC(C)C4)C5)c3)c2)C(=O)N1. The first-order valence-electron chi connectivity index (χ1n) is 14.9. The van der Waals surface area contributed by atoms with E-state index in [1.165, 1.54) is 19.3 Å². The molecule has 6 heteroatoms. The van der Waals surface area contributed by atoms with Gasteiger partial charge in [0.15, 0.2) is 0 Å². The summed E-state index contributed by atoms with van der Waals surface area (Å²) in [6.45, 7) is 12.7. The zero-order chi connectivity index (χ0) is 27.7. The van der Waals surface area contributed by atoms with Gasteiger partial charge in [-0.25, -0.2) is 4.99 Å². The Balaban J connectivity index is 1.49. The van der Waals surface area contributed by atoms with Gasteiger partial charge < -0.3 is 10.0 Å². The highest BCUT2D eigenvalue weighted by molar-refractivity contribution is 6.13. The molecule has 2 unspecified atom stereocenters. The number of aliphatic imine (C=N–C) groups is 1. The van der Waals surface area contributed by atoms with E-state index in [-0.39, 0.29) is 11.3 Å². The van der Waals surface area contributed by atoms with Gasteiger partial charge in [0, 0.05) is 36.6 Å². The van der Waals surface area contributed by atoms with Crippen molar-refractivity contribution in [1.29, 1.82) is 0 Å². The lowest BCUT2D eigenvalue weighted by Crippen LogP contribution is -2.42. The van der Waals surface area contributed by atoms with Crippen LogP contribution in [0.5, 0.6) is 5.75 Å². The van der Waals surface area contributed by atoms with E-state index in [0.717, 1.165) is 72.5 Å². The van der Waals surface area contributed by atoms with Gasteiger partial charge in [-0.3, -0.25) is 15.1 Å². The van der Waals surface area contributed by atoms with E-state index in [1.54, 1.807) is 6.20 Å². The van der Waals surface area contributed by atoms with Crippen LogP contribution in [0.1, 0.15) is 89.3 Å². The van der Waals surface area contributed by atoms with Crippen LogP contribution in [-0.4, -0.2) is 39.9 Å². The molecule has 2 heterocycles. The topological polar surface area (TPSA) is 77.8 Å². The molecule has 2 aliphatic carbocycles. The van der Waals surface area contributed by atoms with Crippen LogP contribution in [-0.2, 0) is 10.2 Å². The average molecular weight is 529 g/mol. The van der Waals surface area contributed by atoms with E-state index < -0.39 is 0 Å². The Morgan fingerprint density at radius 1 is 1.03 bits per heavy atom. The summed E-state index contributed by atoms with van der Waals surface area (Å²) in [7, 11) is 0. The second-order valence-electron chi connectivity index (χ2n) is 12.5. The average Bonchev–Trinajstić information content (AvgIpc) is 3.24. The van der Waals surface area contributed by atoms with Crippen molar-refractivity contribution >= 4 is 17.9 Å². The van der Waals surface area contributed by atoms with E-state index in [9.17, 15) is 9.90 Å². The Hall–Kier alpha value is -3.15. The molecule has 6 nitrogen and oxygen atoms in total. The molecular formula is C33H44N4O2. The zero-order valence-corrected chi connectivity index (χ0v) is 24.3. The van der Waals surface area contributed by atoms with Gasteiger partial charge in [0.25, 0.3) is 5.91 Å². The minimum Gasteiger partial charge on any atom is -0.507 e. The summed E-state index contributed by atoms with van der Waals surface area (Å²) in [5.41, 5.74) is 5.34. The van der Waals surface area contributed by atoms with E-state index >= 15 is 0 Å². The summed E-state index contributed by atoms with van der Waals surface area (Å²) in [4.78, 5) is 24.0. The largest absolute Gasteiger partial charge is 0.507 e. The number of aromatic nitrogens is 1. The quantitative estimate of drug-likeness (QED) is 0.387. The number of amides is 1. The molecule has 0 spiro atoms. The summed E-state index contributed by atoms with van der Waals surface area (Å²) in [5.74, 6) is 3.00. The molecule has 2 aromatic rings. The molecule has 0 saturated heterocycles. The van der Waals surface area contributed by atoms with Crippen LogP contribution in [0.15, 0.2) is 41.3 Å². The van der Waals surface area contributed by atoms with E-state index in [2.05, 4.69) is 66.1 Å². The molecule has 208 valence electrons. The van der Waals surface area contributed by atoms with Crippen molar-refractivity contribution in [1.82, 2.24) is 15.2 Å². The number of rotatable bonds is 7. The molecule has 2 N–H and O–H groups in total. The number of aryl methyl sites for hydroxylation is 1. The van der Waals surface area contributed by atoms with Gasteiger partial charge in [-0.15, -0.1) is 0 Å². The van der Waals surface area contributed by atoms with Gasteiger partial charge in [-0.2, -0.15) is 0 Å². The maximum Gasteiger partial charge on any atom is 0.276 e. The fraction of sp³-hybridized carbons (Fsp3) is 0.545. The highest BCUT2D eigenvalue weighted by Gasteiger charge is 2.46. The number of hydrogen-bond donors (Lipinski definition) is 2. The van der Waals surface area contributed by atoms with Crippen molar-refractivity contribution in [2.75, 3.05) is 13.1 Å². The van der Waals surface area contributed by atoms with Crippen LogP contribution in [0.4, 0.5) is 0 Å². The van der Waals surface area contributed by atoms with Crippen LogP contribution < -0.4 is 5.32 Å². The number of carbonyl (C=O) groups excluding carboxylic acids is 1. The fourth-order valence-electron chi connectivity index (χ4n) is 7.71.